The summed E-state index contributed by atoms with van der Waals surface area (Å²) in [5, 5.41) is 8.52. The van der Waals surface area contributed by atoms with E-state index < -0.39 is 23.0 Å². The number of hydrogen-bond donors (Lipinski definition) is 3. The molecule has 2 heterocycles. The minimum absolute atomic E-state index is 0.0443. The summed E-state index contributed by atoms with van der Waals surface area (Å²) in [7, 11) is 5.81. The number of thiophene rings is 1. The molecule has 14 heteroatoms. The van der Waals surface area contributed by atoms with Gasteiger partial charge in [0, 0.05) is 40.7 Å². The van der Waals surface area contributed by atoms with E-state index in [1.165, 1.54) is 63.2 Å². The van der Waals surface area contributed by atoms with E-state index in [1.807, 2.05) is 24.3 Å². The second kappa shape index (κ2) is 19.4. The van der Waals surface area contributed by atoms with Gasteiger partial charge < -0.3 is 34.9 Å². The molecule has 4 aromatic carbocycles. The zero-order chi connectivity index (χ0) is 41.2. The van der Waals surface area contributed by atoms with Crippen LogP contribution in [0.4, 0.5) is 10.7 Å². The van der Waals surface area contributed by atoms with Gasteiger partial charge >= 0.3 is 5.97 Å². The lowest BCUT2D eigenvalue weighted by Gasteiger charge is -2.27. The molecule has 0 radical (unpaired) electrons. The molecule has 300 valence electrons. The lowest BCUT2D eigenvalue weighted by molar-refractivity contribution is -0.115. The maximum Gasteiger partial charge on any atom is 0.341 e. The molecule has 58 heavy (non-hydrogen) atoms. The lowest BCUT2D eigenvalue weighted by Crippen LogP contribution is -2.30. The second-order valence-corrected chi connectivity index (χ2v) is 15.7. The maximum atomic E-state index is 13.9. The fourth-order valence-electron chi connectivity index (χ4n) is 6.45. The quantitative estimate of drug-likeness (QED) is 0.0548. The van der Waals surface area contributed by atoms with Crippen LogP contribution in [-0.2, 0) is 33.8 Å². The van der Waals surface area contributed by atoms with E-state index >= 15 is 0 Å². The van der Waals surface area contributed by atoms with Crippen LogP contribution in [0.25, 0.3) is 6.08 Å². The largest absolute Gasteiger partial charge is 0.493 e. The summed E-state index contributed by atoms with van der Waals surface area (Å²) < 4.78 is 21.6. The predicted molar refractivity (Wildman–Crippen MR) is 227 cm³/mol. The van der Waals surface area contributed by atoms with Crippen LogP contribution in [0.1, 0.15) is 49.2 Å². The van der Waals surface area contributed by atoms with E-state index in [1.54, 1.807) is 67.6 Å². The molecule has 6 rings (SSSR count). The van der Waals surface area contributed by atoms with Crippen molar-refractivity contribution >= 4 is 63.6 Å². The van der Waals surface area contributed by atoms with Gasteiger partial charge in [0.2, 0.25) is 11.7 Å². The van der Waals surface area contributed by atoms with Crippen molar-refractivity contribution in [3.63, 3.8) is 0 Å². The molecule has 0 saturated heterocycles. The van der Waals surface area contributed by atoms with Gasteiger partial charge in [0.1, 0.15) is 10.7 Å². The first-order valence-corrected chi connectivity index (χ1v) is 20.1. The molecule has 3 N–H and O–H groups in total. The average Bonchev–Trinajstić information content (AvgIpc) is 3.60. The lowest BCUT2D eigenvalue weighted by atomic mass is 10.0. The van der Waals surface area contributed by atoms with Gasteiger partial charge in [0.15, 0.2) is 11.5 Å². The molecule has 0 bridgehead atoms. The highest BCUT2D eigenvalue weighted by molar-refractivity contribution is 8.00. The normalized spacial score (nSPS) is 13.1. The topological polar surface area (TPSA) is 145 Å². The predicted octanol–water partition coefficient (Wildman–Crippen LogP) is 7.65. The average molecular weight is 821 g/mol. The van der Waals surface area contributed by atoms with Crippen LogP contribution in [0.5, 0.6) is 17.2 Å². The van der Waals surface area contributed by atoms with Crippen LogP contribution >= 0.6 is 23.1 Å². The number of anilines is 2. The Kier molecular flexibility index (Phi) is 13.9. The highest BCUT2D eigenvalue weighted by Gasteiger charge is 2.30. The molecule has 1 atom stereocenters. The summed E-state index contributed by atoms with van der Waals surface area (Å²) in [6, 6.07) is 29.1. The van der Waals surface area contributed by atoms with Gasteiger partial charge in [-0.25, -0.2) is 4.79 Å². The van der Waals surface area contributed by atoms with Crippen LogP contribution in [0.3, 0.4) is 0 Å². The van der Waals surface area contributed by atoms with Crippen LogP contribution in [0.2, 0.25) is 0 Å². The third-order valence-corrected chi connectivity index (χ3v) is 11.5. The number of esters is 1. The van der Waals surface area contributed by atoms with E-state index in [0.717, 1.165) is 23.5 Å². The van der Waals surface area contributed by atoms with Crippen LogP contribution in [-0.4, -0.2) is 68.8 Å². The Balaban J connectivity index is 1.17. The first kappa shape index (κ1) is 41.5. The molecule has 0 aliphatic carbocycles. The first-order chi connectivity index (χ1) is 28.1. The monoisotopic (exact) mass is 820 g/mol. The number of nitrogens with zero attached hydrogens (tertiary/aromatic N) is 1. The van der Waals surface area contributed by atoms with E-state index in [0.29, 0.717) is 62.5 Å². The third kappa shape index (κ3) is 10.1. The van der Waals surface area contributed by atoms with Crippen molar-refractivity contribution in [2.24, 2.45) is 0 Å². The van der Waals surface area contributed by atoms with Crippen LogP contribution < -0.4 is 30.2 Å². The number of rotatable bonds is 15. The second-order valence-electron chi connectivity index (χ2n) is 13.2. The van der Waals surface area contributed by atoms with E-state index in [2.05, 4.69) is 33.0 Å². The maximum absolute atomic E-state index is 13.9. The summed E-state index contributed by atoms with van der Waals surface area (Å²) in [6.45, 7) is 3.99. The van der Waals surface area contributed by atoms with E-state index in [-0.39, 0.29) is 11.6 Å². The van der Waals surface area contributed by atoms with Gasteiger partial charge in [-0.3, -0.25) is 19.3 Å². The number of nitrogens with one attached hydrogen (secondary N) is 3. The summed E-state index contributed by atoms with van der Waals surface area (Å²) >= 11 is 2.70. The number of benzene rings is 4. The van der Waals surface area contributed by atoms with Crippen molar-refractivity contribution in [3.05, 3.63) is 135 Å². The number of amides is 3. The van der Waals surface area contributed by atoms with Crippen molar-refractivity contribution < 1.29 is 38.1 Å². The molecule has 12 nitrogen and oxygen atoms in total. The highest BCUT2D eigenvalue weighted by Crippen LogP contribution is 2.40. The fourth-order valence-corrected chi connectivity index (χ4v) is 8.66. The number of hydrogen-bond acceptors (Lipinski definition) is 11. The van der Waals surface area contributed by atoms with Gasteiger partial charge in [-0.05, 0) is 78.6 Å². The number of fused-ring (bicyclic) bond motifs is 1. The molecule has 0 spiro atoms. The van der Waals surface area contributed by atoms with Crippen molar-refractivity contribution in [2.75, 3.05) is 45.6 Å². The number of carbonyl (C=O) groups is 4. The molecule has 1 aliphatic rings. The molecular formula is C44H44N4O8S2. The molecule has 3 amide bonds. The number of methoxy groups -OCH3 is 4. The van der Waals surface area contributed by atoms with Gasteiger partial charge in [-0.15, -0.1) is 23.1 Å². The summed E-state index contributed by atoms with van der Waals surface area (Å²) in [5.74, 6) is -0.722. The Bertz CT molecular complexity index is 2290. The Hall–Kier alpha value is -6.09. The molecule has 5 aromatic rings. The Labute approximate surface area is 345 Å². The summed E-state index contributed by atoms with van der Waals surface area (Å²) in [5.41, 5.74) is 3.79. The molecule has 0 saturated carbocycles. The number of carbonyl (C=O) groups excluding carboxylic acids is 4. The highest BCUT2D eigenvalue weighted by atomic mass is 32.2. The van der Waals surface area contributed by atoms with Crippen molar-refractivity contribution in [1.82, 2.24) is 10.2 Å². The molecular weight excluding hydrogens is 777 g/mol. The SMILES string of the molecule is COC(=O)c1c(NC(=O)C(C)Sc2cccc(NC(=O)/C(=C\c3cc(OC)c(OC)c(OC)c3)NC(=O)c3ccccc3)c2)sc2c1CCN(Cc1ccccc1)C2. The van der Waals surface area contributed by atoms with Gasteiger partial charge in [0.25, 0.3) is 11.8 Å². The van der Waals surface area contributed by atoms with Gasteiger partial charge in [-0.2, -0.15) is 0 Å². The minimum atomic E-state index is -0.592. The Morgan fingerprint density at radius 3 is 2.19 bits per heavy atom. The standard InChI is InChI=1S/C44H44N4O8S2/c1-27(40(49)47-43-38(44(52)56-5)33-19-20-48(26-37(33)58-43)25-28-13-8-6-9-14-28)57-32-18-12-17-31(24-32)45-42(51)34(46-41(50)30-15-10-7-11-16-30)21-29-22-35(53-2)39(55-4)36(23-29)54-3/h6-18,21-24,27H,19-20,25-26H2,1-5H3,(H,45,51)(H,46,50)(H,47,49)/b34-21+. The smallest absolute Gasteiger partial charge is 0.341 e. The van der Waals surface area contributed by atoms with Gasteiger partial charge in [0.05, 0.1) is 39.3 Å². The number of ether oxygens (including phenoxy) is 4. The molecule has 1 aliphatic heterocycles. The molecule has 0 fully saturated rings. The molecule has 1 aromatic heterocycles. The van der Waals surface area contributed by atoms with Crippen molar-refractivity contribution in [3.8, 4) is 17.2 Å². The zero-order valence-corrected chi connectivity index (χ0v) is 34.4. The Morgan fingerprint density at radius 1 is 0.845 bits per heavy atom. The van der Waals surface area contributed by atoms with E-state index in [4.69, 9.17) is 18.9 Å². The van der Waals surface area contributed by atoms with Crippen LogP contribution in [0, 0.1) is 0 Å². The zero-order valence-electron chi connectivity index (χ0n) is 32.8. The van der Waals surface area contributed by atoms with E-state index in [9.17, 15) is 19.2 Å². The molecule has 1 unspecified atom stereocenters. The summed E-state index contributed by atoms with van der Waals surface area (Å²) in [6.07, 6.45) is 2.18. The van der Waals surface area contributed by atoms with Crippen molar-refractivity contribution in [1.29, 1.82) is 0 Å². The van der Waals surface area contributed by atoms with Gasteiger partial charge in [-0.1, -0.05) is 54.6 Å². The third-order valence-electron chi connectivity index (χ3n) is 9.31. The number of thioether (sulfide) groups is 1. The Morgan fingerprint density at radius 2 is 1.53 bits per heavy atom. The fraction of sp³-hybridized carbons (Fsp3) is 0.227. The summed E-state index contributed by atoms with van der Waals surface area (Å²) in [4.78, 5) is 57.9. The first-order valence-electron chi connectivity index (χ1n) is 18.4. The minimum Gasteiger partial charge on any atom is -0.493 e. The van der Waals surface area contributed by atoms with Crippen molar-refractivity contribution in [2.45, 2.75) is 36.6 Å². The van der Waals surface area contributed by atoms with Crippen LogP contribution in [0.15, 0.2) is 108 Å².